The average molecular weight is 270 g/mol. The van der Waals surface area contributed by atoms with Crippen molar-refractivity contribution in [3.63, 3.8) is 0 Å². The van der Waals surface area contributed by atoms with E-state index in [4.69, 9.17) is 0 Å². The molecule has 1 aliphatic heterocycles. The minimum absolute atomic E-state index is 0.0131. The van der Waals surface area contributed by atoms with E-state index in [0.717, 1.165) is 18.8 Å². The van der Waals surface area contributed by atoms with Crippen LogP contribution in [0.3, 0.4) is 0 Å². The highest BCUT2D eigenvalue weighted by Crippen LogP contribution is 2.57. The molecule has 1 heterocycles. The highest BCUT2D eigenvalue weighted by molar-refractivity contribution is 5.46. The number of alkyl halides is 3. The van der Waals surface area contributed by atoms with Crippen molar-refractivity contribution in [2.24, 2.45) is 5.41 Å². The van der Waals surface area contributed by atoms with Gasteiger partial charge in [0.15, 0.2) is 0 Å². The summed E-state index contributed by atoms with van der Waals surface area (Å²) >= 11 is 0. The molecule has 104 valence electrons. The zero-order valence-electron chi connectivity index (χ0n) is 10.6. The standard InChI is InChI=1S/C14H17F3N2/c15-14(16,17)13(5-6-13)9-19-12-3-1-10(2-4-12)11-7-18-8-11/h1-4,11,18-19H,5-9H2. The quantitative estimate of drug-likeness (QED) is 0.878. The molecule has 3 rings (SSSR count). The molecule has 1 aromatic carbocycles. The fourth-order valence-corrected chi connectivity index (χ4v) is 2.38. The van der Waals surface area contributed by atoms with E-state index in [0.29, 0.717) is 5.92 Å². The topological polar surface area (TPSA) is 24.1 Å². The first-order chi connectivity index (χ1) is 9.00. The predicted molar refractivity (Wildman–Crippen MR) is 68.3 cm³/mol. The predicted octanol–water partition coefficient (Wildman–Crippen LogP) is 3.13. The monoisotopic (exact) mass is 270 g/mol. The van der Waals surface area contributed by atoms with Crippen molar-refractivity contribution in [2.45, 2.75) is 24.9 Å². The second kappa shape index (κ2) is 4.40. The molecule has 0 aromatic heterocycles. The lowest BCUT2D eigenvalue weighted by Crippen LogP contribution is -2.39. The molecular weight excluding hydrogens is 253 g/mol. The molecule has 19 heavy (non-hydrogen) atoms. The van der Waals surface area contributed by atoms with Gasteiger partial charge in [0, 0.05) is 31.2 Å². The summed E-state index contributed by atoms with van der Waals surface area (Å²) in [5.41, 5.74) is 0.539. The van der Waals surface area contributed by atoms with Gasteiger partial charge in [0.25, 0.3) is 0 Å². The lowest BCUT2D eigenvalue weighted by atomic mass is 9.94. The molecule has 2 nitrogen and oxygen atoms in total. The van der Waals surface area contributed by atoms with E-state index in [9.17, 15) is 13.2 Å². The van der Waals surface area contributed by atoms with Gasteiger partial charge in [-0.25, -0.2) is 0 Å². The molecule has 5 heteroatoms. The van der Waals surface area contributed by atoms with E-state index >= 15 is 0 Å². The third-order valence-corrected chi connectivity index (χ3v) is 4.25. The highest BCUT2D eigenvalue weighted by Gasteiger charge is 2.62. The Morgan fingerprint density at radius 3 is 2.21 bits per heavy atom. The van der Waals surface area contributed by atoms with Gasteiger partial charge in [0.2, 0.25) is 0 Å². The zero-order valence-corrected chi connectivity index (χ0v) is 10.6. The second-order valence-electron chi connectivity index (χ2n) is 5.61. The van der Waals surface area contributed by atoms with Crippen molar-refractivity contribution in [2.75, 3.05) is 25.0 Å². The molecule has 2 N–H and O–H groups in total. The molecule has 0 amide bonds. The molecule has 0 radical (unpaired) electrons. The lowest BCUT2D eigenvalue weighted by Gasteiger charge is -2.27. The summed E-state index contributed by atoms with van der Waals surface area (Å²) in [6.45, 7) is 1.97. The molecule has 1 aromatic rings. The van der Waals surface area contributed by atoms with Crippen LogP contribution in [-0.2, 0) is 0 Å². The summed E-state index contributed by atoms with van der Waals surface area (Å²) in [4.78, 5) is 0. The van der Waals surface area contributed by atoms with Crippen LogP contribution in [0, 0.1) is 5.41 Å². The number of hydrogen-bond donors (Lipinski definition) is 2. The molecule has 0 atom stereocenters. The van der Waals surface area contributed by atoms with Crippen LogP contribution in [0.1, 0.15) is 24.3 Å². The Bertz CT molecular complexity index is 445. The van der Waals surface area contributed by atoms with Crippen molar-refractivity contribution in [1.82, 2.24) is 5.32 Å². The SMILES string of the molecule is FC(F)(F)C1(CNc2ccc(C3CNC3)cc2)CC1. The number of halogens is 3. The third-order valence-electron chi connectivity index (χ3n) is 4.25. The fraction of sp³-hybridized carbons (Fsp3) is 0.571. The summed E-state index contributed by atoms with van der Waals surface area (Å²) in [6.07, 6.45) is -3.60. The van der Waals surface area contributed by atoms with E-state index in [1.54, 1.807) is 0 Å². The number of anilines is 1. The van der Waals surface area contributed by atoms with Crippen molar-refractivity contribution < 1.29 is 13.2 Å². The third kappa shape index (κ3) is 2.43. The van der Waals surface area contributed by atoms with Crippen LogP contribution in [0.5, 0.6) is 0 Å². The first-order valence-electron chi connectivity index (χ1n) is 6.61. The molecular formula is C14H17F3N2. The van der Waals surface area contributed by atoms with E-state index < -0.39 is 11.6 Å². The summed E-state index contributed by atoms with van der Waals surface area (Å²) in [7, 11) is 0. The minimum Gasteiger partial charge on any atom is -0.384 e. The van der Waals surface area contributed by atoms with Crippen molar-refractivity contribution >= 4 is 5.69 Å². The van der Waals surface area contributed by atoms with E-state index in [1.165, 1.54) is 5.56 Å². The van der Waals surface area contributed by atoms with E-state index in [2.05, 4.69) is 10.6 Å². The molecule has 1 aliphatic carbocycles. The fourth-order valence-electron chi connectivity index (χ4n) is 2.38. The van der Waals surface area contributed by atoms with Gasteiger partial charge < -0.3 is 10.6 Å². The van der Waals surface area contributed by atoms with Gasteiger partial charge in [-0.3, -0.25) is 0 Å². The van der Waals surface area contributed by atoms with Gasteiger partial charge in [0.1, 0.15) is 0 Å². The Morgan fingerprint density at radius 1 is 1.16 bits per heavy atom. The normalized spacial score (nSPS) is 21.8. The Morgan fingerprint density at radius 2 is 1.79 bits per heavy atom. The van der Waals surface area contributed by atoms with Crippen LogP contribution in [0.2, 0.25) is 0 Å². The maximum absolute atomic E-state index is 12.8. The van der Waals surface area contributed by atoms with E-state index in [-0.39, 0.29) is 19.4 Å². The minimum atomic E-state index is -4.09. The van der Waals surface area contributed by atoms with E-state index in [1.807, 2.05) is 24.3 Å². The molecule has 0 spiro atoms. The van der Waals surface area contributed by atoms with Crippen LogP contribution in [0.15, 0.2) is 24.3 Å². The molecule has 0 bridgehead atoms. The summed E-state index contributed by atoms with van der Waals surface area (Å²) in [6, 6.07) is 7.75. The average Bonchev–Trinajstić information content (AvgIpc) is 3.06. The van der Waals surface area contributed by atoms with Crippen LogP contribution >= 0.6 is 0 Å². The summed E-state index contributed by atoms with van der Waals surface area (Å²) < 4.78 is 38.3. The van der Waals surface area contributed by atoms with Crippen LogP contribution in [-0.4, -0.2) is 25.8 Å². The number of benzene rings is 1. The highest BCUT2D eigenvalue weighted by atomic mass is 19.4. The summed E-state index contributed by atoms with van der Waals surface area (Å²) in [5.74, 6) is 0.555. The molecule has 0 unspecified atom stereocenters. The first kappa shape index (κ1) is 12.8. The van der Waals surface area contributed by atoms with Gasteiger partial charge in [-0.1, -0.05) is 12.1 Å². The van der Waals surface area contributed by atoms with Gasteiger partial charge in [-0.05, 0) is 30.5 Å². The number of nitrogens with one attached hydrogen (secondary N) is 2. The van der Waals surface area contributed by atoms with Crippen LogP contribution in [0.4, 0.5) is 18.9 Å². The molecule has 1 saturated heterocycles. The van der Waals surface area contributed by atoms with Crippen molar-refractivity contribution in [3.05, 3.63) is 29.8 Å². The van der Waals surface area contributed by atoms with Crippen LogP contribution < -0.4 is 10.6 Å². The Hall–Kier alpha value is -1.23. The zero-order chi connectivity index (χ0) is 13.5. The smallest absolute Gasteiger partial charge is 0.384 e. The summed E-state index contributed by atoms with van der Waals surface area (Å²) in [5, 5.41) is 6.12. The lowest BCUT2D eigenvalue weighted by molar-refractivity contribution is -0.182. The molecule has 1 saturated carbocycles. The maximum Gasteiger partial charge on any atom is 0.396 e. The maximum atomic E-state index is 12.8. The second-order valence-corrected chi connectivity index (χ2v) is 5.61. The molecule has 2 aliphatic rings. The van der Waals surface area contributed by atoms with Gasteiger partial charge in [0.05, 0.1) is 5.41 Å². The number of rotatable bonds is 4. The van der Waals surface area contributed by atoms with Gasteiger partial charge in [-0.2, -0.15) is 13.2 Å². The Kier molecular flexibility index (Phi) is 2.96. The van der Waals surface area contributed by atoms with Gasteiger partial charge >= 0.3 is 6.18 Å². The van der Waals surface area contributed by atoms with Crippen LogP contribution in [0.25, 0.3) is 0 Å². The van der Waals surface area contributed by atoms with Gasteiger partial charge in [-0.15, -0.1) is 0 Å². The number of hydrogen-bond acceptors (Lipinski definition) is 2. The van der Waals surface area contributed by atoms with Crippen molar-refractivity contribution in [3.8, 4) is 0 Å². The largest absolute Gasteiger partial charge is 0.396 e. The molecule has 2 fully saturated rings. The van der Waals surface area contributed by atoms with Crippen molar-refractivity contribution in [1.29, 1.82) is 0 Å². The first-order valence-corrected chi connectivity index (χ1v) is 6.61. The Labute approximate surface area is 110 Å². The Balaban J connectivity index is 1.58.